The lowest BCUT2D eigenvalue weighted by atomic mass is 9.90. The molecule has 1 aliphatic rings. The van der Waals surface area contributed by atoms with Gasteiger partial charge in [0.15, 0.2) is 0 Å². The van der Waals surface area contributed by atoms with Gasteiger partial charge in [-0.15, -0.1) is 0 Å². The number of aliphatic hydroxyl groups is 1. The summed E-state index contributed by atoms with van der Waals surface area (Å²) >= 11 is 0. The molecule has 168 valence electrons. The van der Waals surface area contributed by atoms with Crippen molar-refractivity contribution < 1.29 is 14.7 Å². The number of rotatable bonds is 5. The van der Waals surface area contributed by atoms with Crippen molar-refractivity contribution in [3.8, 4) is 22.3 Å². The first kappa shape index (κ1) is 22.5. The van der Waals surface area contributed by atoms with Gasteiger partial charge in [0, 0.05) is 18.3 Å². The molecule has 4 rings (SSSR count). The van der Waals surface area contributed by atoms with Gasteiger partial charge in [-0.1, -0.05) is 42.5 Å². The summed E-state index contributed by atoms with van der Waals surface area (Å²) in [7, 11) is 1.75. The zero-order valence-electron chi connectivity index (χ0n) is 19.3. The SMILES string of the molecule is C/C=C/C(=O)N(C)c1cccc(-c2ccc(C(N)=O)c3c2-c2ccc(C(C)(C)O)cc2C3)c1. The Bertz CT molecular complexity index is 1300. The summed E-state index contributed by atoms with van der Waals surface area (Å²) in [5.74, 6) is -0.563. The number of anilines is 1. The third-order valence-corrected chi connectivity index (χ3v) is 6.21. The molecule has 3 N–H and O–H groups in total. The predicted molar refractivity (Wildman–Crippen MR) is 132 cm³/mol. The largest absolute Gasteiger partial charge is 0.386 e. The maximum absolute atomic E-state index is 12.3. The molecule has 0 saturated heterocycles. The molecule has 0 fully saturated rings. The Hall–Kier alpha value is -3.70. The second-order valence-corrected chi connectivity index (χ2v) is 8.93. The van der Waals surface area contributed by atoms with E-state index >= 15 is 0 Å². The minimum absolute atomic E-state index is 0.103. The Morgan fingerprint density at radius 3 is 2.45 bits per heavy atom. The lowest BCUT2D eigenvalue weighted by Crippen LogP contribution is -2.23. The molecular weight excluding hydrogens is 412 g/mol. The van der Waals surface area contributed by atoms with Gasteiger partial charge in [-0.3, -0.25) is 9.59 Å². The number of carbonyl (C=O) groups excluding carboxylic acids is 2. The molecule has 0 aliphatic heterocycles. The fourth-order valence-electron chi connectivity index (χ4n) is 4.43. The van der Waals surface area contributed by atoms with Crippen LogP contribution >= 0.6 is 0 Å². The first-order chi connectivity index (χ1) is 15.6. The van der Waals surface area contributed by atoms with Crippen molar-refractivity contribution >= 4 is 17.5 Å². The van der Waals surface area contributed by atoms with Gasteiger partial charge in [-0.25, -0.2) is 0 Å². The molecular formula is C28H28N2O3. The van der Waals surface area contributed by atoms with Crippen molar-refractivity contribution in [2.24, 2.45) is 5.73 Å². The van der Waals surface area contributed by atoms with Gasteiger partial charge in [-0.2, -0.15) is 0 Å². The fraction of sp³-hybridized carbons (Fsp3) is 0.214. The van der Waals surface area contributed by atoms with Crippen molar-refractivity contribution in [3.05, 3.63) is 89.0 Å². The van der Waals surface area contributed by atoms with Crippen LogP contribution in [0, 0.1) is 0 Å². The molecule has 2 amide bonds. The summed E-state index contributed by atoms with van der Waals surface area (Å²) in [6.45, 7) is 5.33. The number of likely N-dealkylation sites (N-methyl/N-ethyl adjacent to an activating group) is 1. The van der Waals surface area contributed by atoms with Crippen LogP contribution in [0.3, 0.4) is 0 Å². The van der Waals surface area contributed by atoms with E-state index in [0.29, 0.717) is 12.0 Å². The van der Waals surface area contributed by atoms with E-state index in [2.05, 4.69) is 0 Å². The molecule has 5 nitrogen and oxygen atoms in total. The zero-order chi connectivity index (χ0) is 23.9. The van der Waals surface area contributed by atoms with Crippen LogP contribution in [0.25, 0.3) is 22.3 Å². The van der Waals surface area contributed by atoms with E-state index in [0.717, 1.165) is 44.6 Å². The van der Waals surface area contributed by atoms with Crippen molar-refractivity contribution in [1.29, 1.82) is 0 Å². The third-order valence-electron chi connectivity index (χ3n) is 6.21. The summed E-state index contributed by atoms with van der Waals surface area (Å²) in [5, 5.41) is 10.5. The van der Waals surface area contributed by atoms with Crippen LogP contribution in [-0.2, 0) is 16.8 Å². The molecule has 0 unspecified atom stereocenters. The summed E-state index contributed by atoms with van der Waals surface area (Å²) in [5.41, 5.74) is 12.7. The molecule has 0 aromatic heterocycles. The molecule has 0 atom stereocenters. The van der Waals surface area contributed by atoms with Gasteiger partial charge in [0.05, 0.1) is 5.60 Å². The van der Waals surface area contributed by atoms with E-state index in [1.165, 1.54) is 6.08 Å². The molecule has 0 radical (unpaired) electrons. The molecule has 0 bridgehead atoms. The number of hydrogen-bond acceptors (Lipinski definition) is 3. The van der Waals surface area contributed by atoms with E-state index in [1.54, 1.807) is 37.9 Å². The van der Waals surface area contributed by atoms with E-state index < -0.39 is 11.5 Å². The molecule has 5 heteroatoms. The summed E-state index contributed by atoms with van der Waals surface area (Å²) in [6, 6.07) is 17.4. The van der Waals surface area contributed by atoms with Gasteiger partial charge in [0.1, 0.15) is 0 Å². The average Bonchev–Trinajstić information content (AvgIpc) is 3.16. The van der Waals surface area contributed by atoms with E-state index in [1.807, 2.05) is 55.5 Å². The predicted octanol–water partition coefficient (Wildman–Crippen LogP) is 4.79. The van der Waals surface area contributed by atoms with Crippen molar-refractivity contribution in [2.75, 3.05) is 11.9 Å². The molecule has 3 aromatic rings. The number of hydrogen-bond donors (Lipinski definition) is 2. The second-order valence-electron chi connectivity index (χ2n) is 8.93. The normalized spacial score (nSPS) is 12.5. The quantitative estimate of drug-likeness (QED) is 0.438. The number of nitrogens with zero attached hydrogens (tertiary/aromatic N) is 1. The number of primary amides is 1. The highest BCUT2D eigenvalue weighted by Crippen LogP contribution is 2.45. The van der Waals surface area contributed by atoms with Gasteiger partial charge >= 0.3 is 0 Å². The Labute approximate surface area is 194 Å². The number of benzene rings is 3. The van der Waals surface area contributed by atoms with E-state index in [-0.39, 0.29) is 5.91 Å². The molecule has 33 heavy (non-hydrogen) atoms. The average molecular weight is 441 g/mol. The van der Waals surface area contributed by atoms with Crippen molar-refractivity contribution in [3.63, 3.8) is 0 Å². The lowest BCUT2D eigenvalue weighted by Gasteiger charge is -2.19. The van der Waals surface area contributed by atoms with Crippen LogP contribution in [-0.4, -0.2) is 24.0 Å². The highest BCUT2D eigenvalue weighted by molar-refractivity contribution is 6.03. The Morgan fingerprint density at radius 2 is 1.79 bits per heavy atom. The van der Waals surface area contributed by atoms with Gasteiger partial charge in [0.2, 0.25) is 11.8 Å². The number of nitrogens with two attached hydrogens (primary N) is 1. The van der Waals surface area contributed by atoms with Crippen molar-refractivity contribution in [2.45, 2.75) is 32.8 Å². The first-order valence-electron chi connectivity index (χ1n) is 10.9. The minimum atomic E-state index is -0.961. The Kier molecular flexibility index (Phi) is 5.68. The van der Waals surface area contributed by atoms with Crippen LogP contribution in [0.2, 0.25) is 0 Å². The van der Waals surface area contributed by atoms with Crippen LogP contribution in [0.15, 0.2) is 66.7 Å². The maximum Gasteiger partial charge on any atom is 0.250 e. The standard InChI is InChI=1S/C28H28N2O3/c1-5-7-25(31)30(4)20-9-6-8-17(15-20)21-12-13-23(27(29)32)24-16-18-14-19(28(2,3)33)10-11-22(18)26(21)24/h5-15,33H,16H2,1-4H3,(H2,29,32)/b7-5+. The lowest BCUT2D eigenvalue weighted by molar-refractivity contribution is -0.113. The van der Waals surface area contributed by atoms with Crippen LogP contribution < -0.4 is 10.6 Å². The fourth-order valence-corrected chi connectivity index (χ4v) is 4.43. The van der Waals surface area contributed by atoms with Gasteiger partial charge in [-0.05, 0) is 90.4 Å². The molecule has 0 heterocycles. The number of fused-ring (bicyclic) bond motifs is 3. The highest BCUT2D eigenvalue weighted by Gasteiger charge is 2.28. The van der Waals surface area contributed by atoms with Crippen LogP contribution in [0.4, 0.5) is 5.69 Å². The maximum atomic E-state index is 12.3. The highest BCUT2D eigenvalue weighted by atomic mass is 16.3. The first-order valence-corrected chi connectivity index (χ1v) is 10.9. The van der Waals surface area contributed by atoms with E-state index in [4.69, 9.17) is 5.73 Å². The van der Waals surface area contributed by atoms with E-state index in [9.17, 15) is 14.7 Å². The summed E-state index contributed by atoms with van der Waals surface area (Å²) < 4.78 is 0. The molecule has 0 saturated carbocycles. The Balaban J connectivity index is 1.89. The van der Waals surface area contributed by atoms with Crippen LogP contribution in [0.5, 0.6) is 0 Å². The topological polar surface area (TPSA) is 83.6 Å². The molecule has 1 aliphatic carbocycles. The number of amides is 2. The van der Waals surface area contributed by atoms with Crippen molar-refractivity contribution in [1.82, 2.24) is 0 Å². The van der Waals surface area contributed by atoms with Gasteiger partial charge in [0.25, 0.3) is 0 Å². The molecule has 3 aromatic carbocycles. The second kappa shape index (κ2) is 8.34. The summed E-state index contributed by atoms with van der Waals surface area (Å²) in [6.07, 6.45) is 3.82. The minimum Gasteiger partial charge on any atom is -0.386 e. The van der Waals surface area contributed by atoms with Crippen LogP contribution in [0.1, 0.15) is 47.8 Å². The number of carbonyl (C=O) groups is 2. The smallest absolute Gasteiger partial charge is 0.250 e. The zero-order valence-corrected chi connectivity index (χ0v) is 19.3. The van der Waals surface area contributed by atoms with Gasteiger partial charge < -0.3 is 15.7 Å². The summed E-state index contributed by atoms with van der Waals surface area (Å²) in [4.78, 5) is 26.1. The number of allylic oxidation sites excluding steroid dienone is 1. The monoisotopic (exact) mass is 440 g/mol. The molecule has 0 spiro atoms. The third kappa shape index (κ3) is 4.08. The Morgan fingerprint density at radius 1 is 1.06 bits per heavy atom.